The van der Waals surface area contributed by atoms with Crippen LogP contribution in [-0.4, -0.2) is 57.7 Å². The van der Waals surface area contributed by atoms with E-state index in [1.807, 2.05) is 17.9 Å². The predicted molar refractivity (Wildman–Crippen MR) is 133 cm³/mol. The van der Waals surface area contributed by atoms with Crippen LogP contribution in [0, 0.1) is 30.9 Å². The molecular weight excluding hydrogens is 446 g/mol. The Morgan fingerprint density at radius 1 is 1.06 bits per heavy atom. The minimum Gasteiger partial charge on any atom is -0.477 e. The topological polar surface area (TPSA) is 105 Å². The number of aromatic nitrogens is 2. The number of ether oxygens (including phenoxy) is 1. The first-order valence-electron chi connectivity index (χ1n) is 11.8. The van der Waals surface area contributed by atoms with Crippen LogP contribution >= 0.6 is 0 Å². The highest BCUT2D eigenvalue weighted by Crippen LogP contribution is 2.45. The molecule has 1 unspecified atom stereocenters. The Bertz CT molecular complexity index is 1290. The molecule has 1 atom stereocenters. The average Bonchev–Trinajstić information content (AvgIpc) is 3.52. The summed E-state index contributed by atoms with van der Waals surface area (Å²) in [5.41, 5.74) is 4.91. The van der Waals surface area contributed by atoms with Gasteiger partial charge in [0.1, 0.15) is 5.75 Å². The lowest BCUT2D eigenvalue weighted by Crippen LogP contribution is -2.56. The molecule has 1 amide bonds. The Morgan fingerprint density at radius 2 is 1.74 bits per heavy atom. The normalized spacial score (nSPS) is 19.4. The number of nitro benzene ring substituents is 1. The first-order valence-corrected chi connectivity index (χ1v) is 11.8. The van der Waals surface area contributed by atoms with Crippen molar-refractivity contribution in [2.75, 3.05) is 31.1 Å². The molecule has 1 N–H and O–H groups in total. The fourth-order valence-electron chi connectivity index (χ4n) is 5.28. The Balaban J connectivity index is 1.28. The van der Waals surface area contributed by atoms with Crippen molar-refractivity contribution < 1.29 is 14.5 Å². The molecule has 1 fully saturated rings. The summed E-state index contributed by atoms with van der Waals surface area (Å²) in [6.07, 6.45) is 2.07. The van der Waals surface area contributed by atoms with Gasteiger partial charge < -0.3 is 14.5 Å². The van der Waals surface area contributed by atoms with Crippen LogP contribution in [0.15, 0.2) is 36.5 Å². The summed E-state index contributed by atoms with van der Waals surface area (Å²) >= 11 is 0. The van der Waals surface area contributed by atoms with Gasteiger partial charge in [0.15, 0.2) is 5.60 Å². The number of H-pyrrole nitrogens is 1. The van der Waals surface area contributed by atoms with Gasteiger partial charge in [-0.05, 0) is 51.5 Å². The zero-order chi connectivity index (χ0) is 24.9. The van der Waals surface area contributed by atoms with Crippen LogP contribution in [0.4, 0.5) is 11.4 Å². The summed E-state index contributed by atoms with van der Waals surface area (Å²) in [7, 11) is 0. The number of rotatable bonds is 4. The van der Waals surface area contributed by atoms with Crippen molar-refractivity contribution in [3.63, 3.8) is 0 Å². The number of hydrogen-bond acceptors (Lipinski definition) is 6. The largest absolute Gasteiger partial charge is 0.477 e. The number of carbonyl (C=O) groups excluding carboxylic acids is 1. The first kappa shape index (κ1) is 22.9. The SMILES string of the molecule is Cc1c(C)c([N+](=O)[O-])c(C)c2c1OC(C)(C(=O)N1CCN(c3ccc(-c4ccn[nH]4)cc3)CC1)C2. The maximum atomic E-state index is 13.6. The quantitative estimate of drug-likeness (QED) is 0.453. The molecule has 5 rings (SSSR count). The summed E-state index contributed by atoms with van der Waals surface area (Å²) in [6, 6.07) is 10.2. The third-order valence-electron chi connectivity index (χ3n) is 7.43. The Kier molecular flexibility index (Phi) is 5.50. The number of nitro groups is 1. The third-order valence-corrected chi connectivity index (χ3v) is 7.43. The number of benzene rings is 2. The van der Waals surface area contributed by atoms with Gasteiger partial charge in [0.2, 0.25) is 0 Å². The molecule has 35 heavy (non-hydrogen) atoms. The van der Waals surface area contributed by atoms with Crippen molar-refractivity contribution >= 4 is 17.3 Å². The van der Waals surface area contributed by atoms with E-state index in [0.717, 1.165) is 41.2 Å². The number of anilines is 1. The number of hydrogen-bond donors (Lipinski definition) is 1. The van der Waals surface area contributed by atoms with Crippen molar-refractivity contribution in [2.24, 2.45) is 0 Å². The lowest BCUT2D eigenvalue weighted by atomic mass is 9.91. The van der Waals surface area contributed by atoms with Gasteiger partial charge >= 0.3 is 0 Å². The van der Waals surface area contributed by atoms with Gasteiger partial charge in [-0.25, -0.2) is 0 Å². The second-order valence-corrected chi connectivity index (χ2v) is 9.59. The molecule has 3 heterocycles. The molecule has 1 aromatic heterocycles. The summed E-state index contributed by atoms with van der Waals surface area (Å²) < 4.78 is 6.26. The first-order chi connectivity index (χ1) is 16.7. The van der Waals surface area contributed by atoms with Gasteiger partial charge in [0.05, 0.1) is 10.6 Å². The van der Waals surface area contributed by atoms with E-state index in [-0.39, 0.29) is 16.5 Å². The van der Waals surface area contributed by atoms with Crippen molar-refractivity contribution in [3.05, 3.63) is 68.9 Å². The van der Waals surface area contributed by atoms with E-state index < -0.39 is 5.60 Å². The van der Waals surface area contributed by atoms with Crippen LogP contribution < -0.4 is 9.64 Å². The molecule has 9 heteroatoms. The smallest absolute Gasteiger partial charge is 0.275 e. The summed E-state index contributed by atoms with van der Waals surface area (Å²) in [5.74, 6) is 0.555. The van der Waals surface area contributed by atoms with E-state index in [1.165, 1.54) is 0 Å². The number of fused-ring (bicyclic) bond motifs is 1. The number of nitrogens with one attached hydrogen (secondary N) is 1. The fraction of sp³-hybridized carbons (Fsp3) is 0.385. The zero-order valence-electron chi connectivity index (χ0n) is 20.4. The molecule has 1 saturated heterocycles. The minimum atomic E-state index is -1.06. The average molecular weight is 476 g/mol. The molecule has 3 aromatic rings. The molecule has 2 aliphatic rings. The number of carbonyl (C=O) groups is 1. The molecule has 2 aliphatic heterocycles. The standard InChI is InChI=1S/C26H29N5O4/c1-16-17(2)24-21(18(3)23(16)31(33)34)15-26(4,35-24)25(32)30-13-11-29(12-14-30)20-7-5-19(6-8-20)22-9-10-27-28-22/h5-10H,11-15H2,1-4H3,(H,27,28). The van der Waals surface area contributed by atoms with E-state index in [9.17, 15) is 14.9 Å². The van der Waals surface area contributed by atoms with Crippen LogP contribution in [0.1, 0.15) is 29.2 Å². The van der Waals surface area contributed by atoms with Crippen molar-refractivity contribution in [3.8, 4) is 17.0 Å². The highest BCUT2D eigenvalue weighted by molar-refractivity contribution is 5.87. The Labute approximate surface area is 203 Å². The zero-order valence-corrected chi connectivity index (χ0v) is 20.4. The summed E-state index contributed by atoms with van der Waals surface area (Å²) in [6.45, 7) is 9.74. The van der Waals surface area contributed by atoms with Gasteiger partial charge in [0.25, 0.3) is 11.6 Å². The van der Waals surface area contributed by atoms with E-state index in [4.69, 9.17) is 4.74 Å². The maximum Gasteiger partial charge on any atom is 0.275 e. The number of amides is 1. The summed E-state index contributed by atoms with van der Waals surface area (Å²) in [4.78, 5) is 29.0. The Hall–Kier alpha value is -3.88. The monoisotopic (exact) mass is 475 g/mol. The van der Waals surface area contributed by atoms with E-state index in [0.29, 0.717) is 36.4 Å². The van der Waals surface area contributed by atoms with E-state index >= 15 is 0 Å². The van der Waals surface area contributed by atoms with Gasteiger partial charge in [-0.15, -0.1) is 0 Å². The molecule has 2 aromatic carbocycles. The Morgan fingerprint density at radius 3 is 2.34 bits per heavy atom. The molecule has 9 nitrogen and oxygen atoms in total. The van der Waals surface area contributed by atoms with Crippen molar-refractivity contribution in [2.45, 2.75) is 39.7 Å². The second kappa shape index (κ2) is 8.41. The number of piperazine rings is 1. The van der Waals surface area contributed by atoms with Gasteiger partial charge in [-0.2, -0.15) is 5.10 Å². The molecule has 0 aliphatic carbocycles. The predicted octanol–water partition coefficient (Wildman–Crippen LogP) is 3.95. The van der Waals surface area contributed by atoms with E-state index in [1.54, 1.807) is 27.0 Å². The molecule has 0 bridgehead atoms. The van der Waals surface area contributed by atoms with Crippen molar-refractivity contribution in [1.82, 2.24) is 15.1 Å². The van der Waals surface area contributed by atoms with Crippen LogP contribution in [0.2, 0.25) is 0 Å². The van der Waals surface area contributed by atoms with Crippen molar-refractivity contribution in [1.29, 1.82) is 0 Å². The van der Waals surface area contributed by atoms with Crippen LogP contribution in [0.5, 0.6) is 5.75 Å². The minimum absolute atomic E-state index is 0.0675. The highest BCUT2D eigenvalue weighted by atomic mass is 16.6. The van der Waals surface area contributed by atoms with E-state index in [2.05, 4.69) is 39.4 Å². The lowest BCUT2D eigenvalue weighted by molar-refractivity contribution is -0.386. The molecule has 0 spiro atoms. The van der Waals surface area contributed by atoms with Crippen LogP contribution in [0.25, 0.3) is 11.3 Å². The number of aromatic amines is 1. The molecule has 0 radical (unpaired) electrons. The fourth-order valence-corrected chi connectivity index (χ4v) is 5.28. The lowest BCUT2D eigenvalue weighted by Gasteiger charge is -2.39. The van der Waals surface area contributed by atoms with Gasteiger partial charge in [0, 0.05) is 66.7 Å². The van der Waals surface area contributed by atoms with Crippen LogP contribution in [-0.2, 0) is 11.2 Å². The highest BCUT2D eigenvalue weighted by Gasteiger charge is 2.47. The second-order valence-electron chi connectivity index (χ2n) is 9.59. The molecule has 182 valence electrons. The molecule has 0 saturated carbocycles. The van der Waals surface area contributed by atoms with Crippen LogP contribution in [0.3, 0.4) is 0 Å². The van der Waals surface area contributed by atoms with Gasteiger partial charge in [-0.3, -0.25) is 20.0 Å². The summed E-state index contributed by atoms with van der Waals surface area (Å²) in [5, 5.41) is 18.6. The third kappa shape index (κ3) is 3.80. The maximum absolute atomic E-state index is 13.6. The number of nitrogens with zero attached hydrogens (tertiary/aromatic N) is 4. The molecular formula is C26H29N5O4. The van der Waals surface area contributed by atoms with Gasteiger partial charge in [-0.1, -0.05) is 12.1 Å².